The number of nitrogens with zero attached hydrogens (tertiary/aromatic N) is 1. The third-order valence-electron chi connectivity index (χ3n) is 3.54. The van der Waals surface area contributed by atoms with Crippen molar-refractivity contribution in [1.82, 2.24) is 10.3 Å². The average molecular weight is 312 g/mol. The van der Waals surface area contributed by atoms with Gasteiger partial charge in [-0.2, -0.15) is 0 Å². The number of carbonyl (C=O) groups excluding carboxylic acids is 1. The van der Waals surface area contributed by atoms with Gasteiger partial charge in [-0.25, -0.2) is 4.98 Å². The fraction of sp³-hybridized carbons (Fsp3) is 0.333. The van der Waals surface area contributed by atoms with Crippen molar-refractivity contribution in [2.24, 2.45) is 5.92 Å². The number of hydrogen-bond donors (Lipinski definition) is 1. The van der Waals surface area contributed by atoms with Crippen molar-refractivity contribution in [1.29, 1.82) is 0 Å². The van der Waals surface area contributed by atoms with Gasteiger partial charge in [-0.1, -0.05) is 24.3 Å². The summed E-state index contributed by atoms with van der Waals surface area (Å²) in [4.78, 5) is 15.9. The Labute approximate surface area is 135 Å². The molecule has 1 aliphatic carbocycles. The fourth-order valence-corrected chi connectivity index (χ4v) is 2.04. The summed E-state index contributed by atoms with van der Waals surface area (Å²) in [6.45, 7) is 1.25. The van der Waals surface area contributed by atoms with Crippen LogP contribution >= 0.6 is 0 Å². The van der Waals surface area contributed by atoms with Crippen molar-refractivity contribution in [2.75, 3.05) is 13.2 Å². The highest BCUT2D eigenvalue weighted by molar-refractivity contribution is 5.77. The Morgan fingerprint density at radius 3 is 2.70 bits per heavy atom. The molecule has 0 radical (unpaired) electrons. The van der Waals surface area contributed by atoms with Crippen LogP contribution in [-0.2, 0) is 16.1 Å². The maximum atomic E-state index is 11.6. The minimum atomic E-state index is -0.102. The highest BCUT2D eigenvalue weighted by Gasteiger charge is 2.21. The number of pyridine rings is 1. The Morgan fingerprint density at radius 1 is 1.17 bits per heavy atom. The van der Waals surface area contributed by atoms with Crippen molar-refractivity contribution < 1.29 is 14.3 Å². The zero-order chi connectivity index (χ0) is 15.9. The van der Waals surface area contributed by atoms with Crippen molar-refractivity contribution in [2.45, 2.75) is 19.4 Å². The molecule has 1 aromatic heterocycles. The Kier molecular flexibility index (Phi) is 5.21. The highest BCUT2D eigenvalue weighted by Crippen LogP contribution is 2.28. The SMILES string of the molecule is O=C(COCC1CC1)NCc1ccc(Oc2ccccc2)nc1. The van der Waals surface area contributed by atoms with Crippen molar-refractivity contribution in [3.8, 4) is 11.6 Å². The van der Waals surface area contributed by atoms with E-state index in [4.69, 9.17) is 9.47 Å². The second-order valence-electron chi connectivity index (χ2n) is 5.66. The van der Waals surface area contributed by atoms with E-state index in [1.54, 1.807) is 12.3 Å². The summed E-state index contributed by atoms with van der Waals surface area (Å²) in [5.41, 5.74) is 0.918. The number of nitrogens with one attached hydrogen (secondary N) is 1. The topological polar surface area (TPSA) is 60.5 Å². The molecule has 0 unspecified atom stereocenters. The van der Waals surface area contributed by atoms with E-state index < -0.39 is 0 Å². The first-order valence-corrected chi connectivity index (χ1v) is 7.82. The predicted octanol–water partition coefficient (Wildman–Crippen LogP) is 2.92. The molecule has 0 saturated heterocycles. The molecule has 1 amide bonds. The monoisotopic (exact) mass is 312 g/mol. The minimum Gasteiger partial charge on any atom is -0.439 e. The molecular formula is C18H20N2O3. The van der Waals surface area contributed by atoms with E-state index in [1.165, 1.54) is 12.8 Å². The van der Waals surface area contributed by atoms with E-state index in [0.717, 1.165) is 11.3 Å². The average Bonchev–Trinajstić information content (AvgIpc) is 3.39. The molecule has 5 heteroatoms. The lowest BCUT2D eigenvalue weighted by Crippen LogP contribution is -2.27. The van der Waals surface area contributed by atoms with Crippen LogP contribution < -0.4 is 10.1 Å². The zero-order valence-corrected chi connectivity index (χ0v) is 12.9. The van der Waals surface area contributed by atoms with Crippen LogP contribution in [-0.4, -0.2) is 24.1 Å². The predicted molar refractivity (Wildman–Crippen MR) is 86.1 cm³/mol. The maximum absolute atomic E-state index is 11.6. The summed E-state index contributed by atoms with van der Waals surface area (Å²) in [6, 6.07) is 13.2. The lowest BCUT2D eigenvalue weighted by atomic mass is 10.3. The van der Waals surface area contributed by atoms with Gasteiger partial charge in [0.1, 0.15) is 12.4 Å². The molecule has 1 aliphatic rings. The van der Waals surface area contributed by atoms with Crippen molar-refractivity contribution >= 4 is 5.91 Å². The summed E-state index contributed by atoms with van der Waals surface area (Å²) < 4.78 is 11.0. The number of aromatic nitrogens is 1. The largest absolute Gasteiger partial charge is 0.439 e. The van der Waals surface area contributed by atoms with Gasteiger partial charge in [-0.05, 0) is 36.5 Å². The first kappa shape index (κ1) is 15.5. The normalized spacial score (nSPS) is 13.6. The molecule has 3 rings (SSSR count). The van der Waals surface area contributed by atoms with Crippen molar-refractivity contribution in [3.63, 3.8) is 0 Å². The number of amides is 1. The number of ether oxygens (including phenoxy) is 2. The van der Waals surface area contributed by atoms with E-state index >= 15 is 0 Å². The molecule has 120 valence electrons. The standard InChI is InChI=1S/C18H20N2O3/c21-17(13-22-12-14-6-7-14)19-10-15-8-9-18(20-11-15)23-16-4-2-1-3-5-16/h1-5,8-9,11,14H,6-7,10,12-13H2,(H,19,21). The Hall–Kier alpha value is -2.40. The molecule has 0 spiro atoms. The van der Waals surface area contributed by atoms with Gasteiger partial charge in [0, 0.05) is 18.8 Å². The number of rotatable bonds is 8. The third kappa shape index (κ3) is 5.38. The van der Waals surface area contributed by atoms with Crippen LogP contribution in [0.25, 0.3) is 0 Å². The molecule has 1 heterocycles. The molecule has 23 heavy (non-hydrogen) atoms. The second-order valence-corrected chi connectivity index (χ2v) is 5.66. The first-order chi connectivity index (χ1) is 11.3. The van der Waals surface area contributed by atoms with E-state index in [0.29, 0.717) is 24.9 Å². The smallest absolute Gasteiger partial charge is 0.246 e. The van der Waals surface area contributed by atoms with Crippen LogP contribution in [0.2, 0.25) is 0 Å². The lowest BCUT2D eigenvalue weighted by Gasteiger charge is -2.07. The van der Waals surface area contributed by atoms with Gasteiger partial charge in [0.15, 0.2) is 0 Å². The van der Waals surface area contributed by atoms with Crippen LogP contribution in [0, 0.1) is 5.92 Å². The molecule has 1 aromatic carbocycles. The van der Waals surface area contributed by atoms with Gasteiger partial charge < -0.3 is 14.8 Å². The summed E-state index contributed by atoms with van der Waals surface area (Å²) in [6.07, 6.45) is 4.15. The molecule has 0 atom stereocenters. The van der Waals surface area contributed by atoms with E-state index in [2.05, 4.69) is 10.3 Å². The van der Waals surface area contributed by atoms with E-state index in [1.807, 2.05) is 36.4 Å². The van der Waals surface area contributed by atoms with Gasteiger partial charge in [0.05, 0.1) is 6.61 Å². The summed E-state index contributed by atoms with van der Waals surface area (Å²) in [7, 11) is 0. The third-order valence-corrected chi connectivity index (χ3v) is 3.54. The molecule has 0 aliphatic heterocycles. The molecule has 1 saturated carbocycles. The summed E-state index contributed by atoms with van der Waals surface area (Å²) >= 11 is 0. The highest BCUT2D eigenvalue weighted by atomic mass is 16.5. The summed E-state index contributed by atoms with van der Waals surface area (Å²) in [5, 5.41) is 2.82. The Balaban J connectivity index is 1.41. The van der Waals surface area contributed by atoms with Crippen LogP contribution in [0.15, 0.2) is 48.7 Å². The zero-order valence-electron chi connectivity index (χ0n) is 12.9. The Bertz CT molecular complexity index is 624. The van der Waals surface area contributed by atoms with E-state index in [9.17, 15) is 4.79 Å². The van der Waals surface area contributed by atoms with Gasteiger partial charge >= 0.3 is 0 Å². The number of carbonyl (C=O) groups is 1. The minimum absolute atomic E-state index is 0.102. The molecule has 2 aromatic rings. The molecule has 1 fully saturated rings. The molecule has 5 nitrogen and oxygen atoms in total. The van der Waals surface area contributed by atoms with Crippen LogP contribution in [0.5, 0.6) is 11.6 Å². The fourth-order valence-electron chi connectivity index (χ4n) is 2.04. The summed E-state index contributed by atoms with van der Waals surface area (Å²) in [5.74, 6) is 1.84. The van der Waals surface area contributed by atoms with Crippen LogP contribution in [0.4, 0.5) is 0 Å². The van der Waals surface area contributed by atoms with Crippen LogP contribution in [0.1, 0.15) is 18.4 Å². The number of benzene rings is 1. The number of para-hydroxylation sites is 1. The van der Waals surface area contributed by atoms with Gasteiger partial charge in [-0.3, -0.25) is 4.79 Å². The quantitative estimate of drug-likeness (QED) is 0.814. The van der Waals surface area contributed by atoms with E-state index in [-0.39, 0.29) is 12.5 Å². The molecular weight excluding hydrogens is 292 g/mol. The first-order valence-electron chi connectivity index (χ1n) is 7.82. The van der Waals surface area contributed by atoms with Gasteiger partial charge in [-0.15, -0.1) is 0 Å². The lowest BCUT2D eigenvalue weighted by molar-refractivity contribution is -0.126. The van der Waals surface area contributed by atoms with Gasteiger partial charge in [0.25, 0.3) is 0 Å². The maximum Gasteiger partial charge on any atom is 0.246 e. The second kappa shape index (κ2) is 7.74. The molecule has 0 bridgehead atoms. The van der Waals surface area contributed by atoms with Crippen LogP contribution in [0.3, 0.4) is 0 Å². The molecule has 1 N–H and O–H groups in total. The van der Waals surface area contributed by atoms with Gasteiger partial charge in [0.2, 0.25) is 11.8 Å². The van der Waals surface area contributed by atoms with Crippen molar-refractivity contribution in [3.05, 3.63) is 54.2 Å². The number of hydrogen-bond acceptors (Lipinski definition) is 4. The Morgan fingerprint density at radius 2 is 2.00 bits per heavy atom.